The minimum atomic E-state index is -0.210. The van der Waals surface area contributed by atoms with Crippen LogP contribution in [0.2, 0.25) is 0 Å². The van der Waals surface area contributed by atoms with Gasteiger partial charge in [-0.25, -0.2) is 0 Å². The van der Waals surface area contributed by atoms with Crippen molar-refractivity contribution in [3.05, 3.63) is 18.0 Å². The number of rotatable bonds is 7. The van der Waals surface area contributed by atoms with E-state index in [4.69, 9.17) is 4.74 Å². The topological polar surface area (TPSA) is 56.1 Å². The van der Waals surface area contributed by atoms with Gasteiger partial charge in [0.2, 0.25) is 0 Å². The van der Waals surface area contributed by atoms with Crippen molar-refractivity contribution in [2.75, 3.05) is 13.2 Å². The fraction of sp³-hybridized carbons (Fsp3) is 0.667. The van der Waals surface area contributed by atoms with Crippen molar-refractivity contribution < 1.29 is 9.53 Å². The van der Waals surface area contributed by atoms with Gasteiger partial charge in [0, 0.05) is 26.2 Å². The first-order chi connectivity index (χ1) is 8.17. The summed E-state index contributed by atoms with van der Waals surface area (Å²) in [5, 5.41) is 7.46. The van der Waals surface area contributed by atoms with Crippen molar-refractivity contribution >= 4 is 5.97 Å². The van der Waals surface area contributed by atoms with Crippen molar-refractivity contribution in [2.45, 2.75) is 32.7 Å². The first-order valence-corrected chi connectivity index (χ1v) is 6.05. The predicted molar refractivity (Wildman–Crippen MR) is 65.6 cm³/mol. The van der Waals surface area contributed by atoms with Gasteiger partial charge in [-0.3, -0.25) is 9.48 Å². The first kappa shape index (κ1) is 13.7. The van der Waals surface area contributed by atoms with Crippen molar-refractivity contribution in [2.24, 2.45) is 7.05 Å². The second kappa shape index (κ2) is 7.06. The standard InChI is InChI=1S/C12H21N3O2/c1-4-11(12(16)17-5-2)13-8-6-10-7-9-15(3)14-10/h7,9,11,13H,4-6,8H2,1-3H3. The van der Waals surface area contributed by atoms with Gasteiger partial charge in [-0.05, 0) is 19.4 Å². The molecule has 1 heterocycles. The molecule has 5 heteroatoms. The van der Waals surface area contributed by atoms with Gasteiger partial charge >= 0.3 is 5.97 Å². The Morgan fingerprint density at radius 1 is 1.59 bits per heavy atom. The number of nitrogens with zero attached hydrogens (tertiary/aromatic N) is 2. The molecule has 96 valence electrons. The van der Waals surface area contributed by atoms with Crippen LogP contribution in [0.3, 0.4) is 0 Å². The van der Waals surface area contributed by atoms with Gasteiger partial charge < -0.3 is 10.1 Å². The van der Waals surface area contributed by atoms with Crippen LogP contribution in [0.25, 0.3) is 0 Å². The molecule has 1 aromatic rings. The number of aryl methyl sites for hydroxylation is 1. The molecule has 0 spiro atoms. The molecule has 0 fully saturated rings. The van der Waals surface area contributed by atoms with E-state index in [-0.39, 0.29) is 12.0 Å². The quantitative estimate of drug-likeness (QED) is 0.718. The zero-order valence-corrected chi connectivity index (χ0v) is 10.8. The molecule has 0 amide bonds. The lowest BCUT2D eigenvalue weighted by Crippen LogP contribution is -2.38. The van der Waals surface area contributed by atoms with E-state index < -0.39 is 0 Å². The summed E-state index contributed by atoms with van der Waals surface area (Å²) in [6.07, 6.45) is 3.47. The van der Waals surface area contributed by atoms with Crippen LogP contribution < -0.4 is 5.32 Å². The minimum absolute atomic E-state index is 0.170. The smallest absolute Gasteiger partial charge is 0.323 e. The molecule has 17 heavy (non-hydrogen) atoms. The zero-order valence-electron chi connectivity index (χ0n) is 10.8. The van der Waals surface area contributed by atoms with Gasteiger partial charge in [0.05, 0.1) is 12.3 Å². The minimum Gasteiger partial charge on any atom is -0.465 e. The SMILES string of the molecule is CCOC(=O)C(CC)NCCc1ccn(C)n1. The van der Waals surface area contributed by atoms with Crippen LogP contribution >= 0.6 is 0 Å². The summed E-state index contributed by atoms with van der Waals surface area (Å²) < 4.78 is 6.76. The maximum atomic E-state index is 11.5. The highest BCUT2D eigenvalue weighted by Gasteiger charge is 2.16. The fourth-order valence-electron chi connectivity index (χ4n) is 1.61. The van der Waals surface area contributed by atoms with E-state index in [9.17, 15) is 4.79 Å². The summed E-state index contributed by atoms with van der Waals surface area (Å²) in [4.78, 5) is 11.5. The van der Waals surface area contributed by atoms with E-state index in [1.807, 2.05) is 33.2 Å². The Hall–Kier alpha value is -1.36. The van der Waals surface area contributed by atoms with E-state index in [2.05, 4.69) is 10.4 Å². The third kappa shape index (κ3) is 4.56. The molecule has 0 bridgehead atoms. The molecule has 0 aromatic carbocycles. The van der Waals surface area contributed by atoms with Gasteiger partial charge in [-0.2, -0.15) is 5.10 Å². The van der Waals surface area contributed by atoms with Crippen LogP contribution in [0.5, 0.6) is 0 Å². The van der Waals surface area contributed by atoms with Crippen LogP contribution in [-0.4, -0.2) is 34.9 Å². The Morgan fingerprint density at radius 3 is 2.88 bits per heavy atom. The molecule has 0 saturated carbocycles. The Balaban J connectivity index is 2.30. The summed E-state index contributed by atoms with van der Waals surface area (Å²) in [6, 6.07) is 1.77. The highest BCUT2D eigenvalue weighted by atomic mass is 16.5. The molecule has 0 aliphatic carbocycles. The maximum absolute atomic E-state index is 11.5. The lowest BCUT2D eigenvalue weighted by atomic mass is 10.2. The van der Waals surface area contributed by atoms with Crippen LogP contribution in [0.15, 0.2) is 12.3 Å². The average molecular weight is 239 g/mol. The lowest BCUT2D eigenvalue weighted by Gasteiger charge is -2.14. The van der Waals surface area contributed by atoms with E-state index >= 15 is 0 Å². The summed E-state index contributed by atoms with van der Waals surface area (Å²) in [6.45, 7) is 4.94. The summed E-state index contributed by atoms with van der Waals surface area (Å²) >= 11 is 0. The third-order valence-corrected chi connectivity index (χ3v) is 2.52. The molecule has 5 nitrogen and oxygen atoms in total. The lowest BCUT2D eigenvalue weighted by molar-refractivity contribution is -0.145. The van der Waals surface area contributed by atoms with Gasteiger partial charge in [0.1, 0.15) is 6.04 Å². The van der Waals surface area contributed by atoms with Crippen molar-refractivity contribution in [1.29, 1.82) is 0 Å². The highest BCUT2D eigenvalue weighted by Crippen LogP contribution is 1.98. The average Bonchev–Trinajstić information content (AvgIpc) is 2.71. The van der Waals surface area contributed by atoms with E-state index in [1.54, 1.807) is 4.68 Å². The number of esters is 1. The molecule has 0 radical (unpaired) electrons. The normalized spacial score (nSPS) is 12.4. The second-order valence-corrected chi connectivity index (χ2v) is 3.90. The summed E-state index contributed by atoms with van der Waals surface area (Å²) in [5.41, 5.74) is 1.03. The van der Waals surface area contributed by atoms with E-state index in [0.717, 1.165) is 25.1 Å². The Kier molecular flexibility index (Phi) is 5.69. The van der Waals surface area contributed by atoms with E-state index in [0.29, 0.717) is 6.61 Å². The van der Waals surface area contributed by atoms with Gasteiger partial charge in [0.25, 0.3) is 0 Å². The molecule has 1 unspecified atom stereocenters. The Bertz CT molecular complexity index is 349. The van der Waals surface area contributed by atoms with Crippen molar-refractivity contribution in [3.8, 4) is 0 Å². The van der Waals surface area contributed by atoms with Crippen LogP contribution in [0.4, 0.5) is 0 Å². The molecule has 0 aliphatic rings. The number of nitrogens with one attached hydrogen (secondary N) is 1. The third-order valence-electron chi connectivity index (χ3n) is 2.52. The molecule has 1 rings (SSSR count). The second-order valence-electron chi connectivity index (χ2n) is 3.90. The highest BCUT2D eigenvalue weighted by molar-refractivity contribution is 5.75. The molecule has 1 atom stereocenters. The summed E-state index contributed by atoms with van der Waals surface area (Å²) in [7, 11) is 1.89. The predicted octanol–water partition coefficient (Wildman–Crippen LogP) is 0.894. The van der Waals surface area contributed by atoms with Gasteiger partial charge in [-0.1, -0.05) is 6.92 Å². The Morgan fingerprint density at radius 2 is 2.35 bits per heavy atom. The number of hydrogen-bond acceptors (Lipinski definition) is 4. The van der Waals surface area contributed by atoms with Crippen molar-refractivity contribution in [1.82, 2.24) is 15.1 Å². The van der Waals surface area contributed by atoms with Crippen molar-refractivity contribution in [3.63, 3.8) is 0 Å². The van der Waals surface area contributed by atoms with Gasteiger partial charge in [-0.15, -0.1) is 0 Å². The fourth-order valence-corrected chi connectivity index (χ4v) is 1.61. The molecule has 0 aliphatic heterocycles. The van der Waals surface area contributed by atoms with Gasteiger partial charge in [0.15, 0.2) is 0 Å². The monoisotopic (exact) mass is 239 g/mol. The van der Waals surface area contributed by atoms with Crippen LogP contribution in [-0.2, 0) is 23.0 Å². The van der Waals surface area contributed by atoms with Crippen LogP contribution in [0, 0.1) is 0 Å². The molecule has 1 N–H and O–H groups in total. The molecule has 1 aromatic heterocycles. The van der Waals surface area contributed by atoms with E-state index in [1.165, 1.54) is 0 Å². The number of carbonyl (C=O) groups excluding carboxylic acids is 1. The Labute approximate surface area is 102 Å². The zero-order chi connectivity index (χ0) is 12.7. The largest absolute Gasteiger partial charge is 0.465 e. The summed E-state index contributed by atoms with van der Waals surface area (Å²) in [5.74, 6) is -0.170. The number of hydrogen-bond donors (Lipinski definition) is 1. The number of aromatic nitrogens is 2. The molecule has 0 saturated heterocycles. The number of ether oxygens (including phenoxy) is 1. The molecular weight excluding hydrogens is 218 g/mol. The number of carbonyl (C=O) groups is 1. The maximum Gasteiger partial charge on any atom is 0.323 e. The molecular formula is C12H21N3O2. The first-order valence-electron chi connectivity index (χ1n) is 6.05. The van der Waals surface area contributed by atoms with Crippen LogP contribution in [0.1, 0.15) is 26.0 Å².